The van der Waals surface area contributed by atoms with Crippen LogP contribution in [0.5, 0.6) is 17.2 Å². The van der Waals surface area contributed by atoms with E-state index in [0.29, 0.717) is 6.54 Å². The number of rotatable bonds is 6. The number of carbonyl (C=O) groups is 1. The molecular formula is C22H27N3O4. The third-order valence-electron chi connectivity index (χ3n) is 5.58. The van der Waals surface area contributed by atoms with Gasteiger partial charge in [-0.3, -0.25) is 9.69 Å². The van der Waals surface area contributed by atoms with E-state index in [2.05, 4.69) is 27.2 Å². The maximum absolute atomic E-state index is 12.6. The van der Waals surface area contributed by atoms with E-state index in [-0.39, 0.29) is 18.7 Å². The minimum absolute atomic E-state index is 0.0422. The summed E-state index contributed by atoms with van der Waals surface area (Å²) in [6.07, 6.45) is 0. The zero-order chi connectivity index (χ0) is 20.2. The second-order valence-electron chi connectivity index (χ2n) is 7.30. The molecule has 154 valence electrons. The first-order valence-electron chi connectivity index (χ1n) is 9.93. The minimum atomic E-state index is -0.165. The van der Waals surface area contributed by atoms with Crippen molar-refractivity contribution in [1.29, 1.82) is 0 Å². The van der Waals surface area contributed by atoms with Crippen molar-refractivity contribution < 1.29 is 19.0 Å². The van der Waals surface area contributed by atoms with Crippen LogP contribution in [-0.4, -0.2) is 56.9 Å². The molecule has 1 atom stereocenters. The largest absolute Gasteiger partial charge is 0.497 e. The number of fused-ring (bicyclic) bond motifs is 1. The predicted molar refractivity (Wildman–Crippen MR) is 111 cm³/mol. The van der Waals surface area contributed by atoms with Crippen LogP contribution in [0.25, 0.3) is 0 Å². The Morgan fingerprint density at radius 2 is 1.79 bits per heavy atom. The zero-order valence-corrected chi connectivity index (χ0v) is 16.9. The number of benzene rings is 2. The molecular weight excluding hydrogens is 370 g/mol. The molecule has 2 aliphatic rings. The van der Waals surface area contributed by atoms with Crippen LogP contribution in [0.3, 0.4) is 0 Å². The number of anilines is 1. The Morgan fingerprint density at radius 3 is 2.52 bits per heavy atom. The van der Waals surface area contributed by atoms with Crippen molar-refractivity contribution in [3.63, 3.8) is 0 Å². The quantitative estimate of drug-likeness (QED) is 0.807. The van der Waals surface area contributed by atoms with E-state index in [9.17, 15) is 4.79 Å². The Bertz CT molecular complexity index is 848. The monoisotopic (exact) mass is 397 g/mol. The number of nitrogens with zero attached hydrogens (tertiary/aromatic N) is 2. The average molecular weight is 397 g/mol. The molecule has 7 nitrogen and oxygen atoms in total. The molecule has 29 heavy (non-hydrogen) atoms. The third-order valence-corrected chi connectivity index (χ3v) is 5.58. The second kappa shape index (κ2) is 8.61. The Balaban J connectivity index is 1.26. The lowest BCUT2D eigenvalue weighted by molar-refractivity contribution is -0.126. The van der Waals surface area contributed by atoms with Gasteiger partial charge in [0.1, 0.15) is 5.75 Å². The zero-order valence-electron chi connectivity index (χ0n) is 16.9. The van der Waals surface area contributed by atoms with Crippen LogP contribution in [0, 0.1) is 0 Å². The molecule has 7 heteroatoms. The first kappa shape index (κ1) is 19.4. The molecule has 2 aromatic carbocycles. The molecule has 0 spiro atoms. The SMILES string of the molecule is COc1ccc(N2CCN([C@H](C)C(=O)NCc3ccc4c(c3)OCO4)CC2)cc1. The average Bonchev–Trinajstić information content (AvgIpc) is 3.25. The van der Waals surface area contributed by atoms with Gasteiger partial charge in [0.05, 0.1) is 13.2 Å². The maximum atomic E-state index is 12.6. The fraction of sp³-hybridized carbons (Fsp3) is 0.409. The number of nitrogens with one attached hydrogen (secondary N) is 1. The van der Waals surface area contributed by atoms with E-state index in [4.69, 9.17) is 14.2 Å². The van der Waals surface area contributed by atoms with Crippen LogP contribution in [0.2, 0.25) is 0 Å². The molecule has 0 aromatic heterocycles. The standard InChI is InChI=1S/C22H27N3O4/c1-16(22(26)23-14-17-3-8-20-21(13-17)29-15-28-20)24-9-11-25(12-10-24)18-4-6-19(27-2)7-5-18/h3-8,13,16H,9-12,14-15H2,1-2H3,(H,23,26)/t16-/m1/s1. The summed E-state index contributed by atoms with van der Waals surface area (Å²) >= 11 is 0. The Kier molecular flexibility index (Phi) is 5.76. The van der Waals surface area contributed by atoms with Crippen LogP contribution in [0.4, 0.5) is 5.69 Å². The van der Waals surface area contributed by atoms with Crippen LogP contribution in [0.1, 0.15) is 12.5 Å². The number of ether oxygens (including phenoxy) is 3. The molecule has 1 saturated heterocycles. The molecule has 0 saturated carbocycles. The molecule has 2 aromatic rings. The van der Waals surface area contributed by atoms with Crippen LogP contribution in [-0.2, 0) is 11.3 Å². The summed E-state index contributed by atoms with van der Waals surface area (Å²) < 4.78 is 15.9. The van der Waals surface area contributed by atoms with Crippen LogP contribution in [0.15, 0.2) is 42.5 Å². The van der Waals surface area contributed by atoms with Gasteiger partial charge in [-0.25, -0.2) is 0 Å². The van der Waals surface area contributed by atoms with Crippen molar-refractivity contribution in [3.05, 3.63) is 48.0 Å². The van der Waals surface area contributed by atoms with Gasteiger partial charge < -0.3 is 24.4 Å². The lowest BCUT2D eigenvalue weighted by Gasteiger charge is -2.38. The van der Waals surface area contributed by atoms with Gasteiger partial charge in [-0.05, 0) is 48.9 Å². The highest BCUT2D eigenvalue weighted by molar-refractivity contribution is 5.81. The third kappa shape index (κ3) is 4.40. The van der Waals surface area contributed by atoms with Crippen molar-refractivity contribution in [2.24, 2.45) is 0 Å². The van der Waals surface area contributed by atoms with Gasteiger partial charge >= 0.3 is 0 Å². The molecule has 0 aliphatic carbocycles. The van der Waals surface area contributed by atoms with E-state index >= 15 is 0 Å². The van der Waals surface area contributed by atoms with Crippen molar-refractivity contribution in [3.8, 4) is 17.2 Å². The number of carbonyl (C=O) groups excluding carboxylic acids is 1. The predicted octanol–water partition coefficient (Wildman–Crippen LogP) is 2.25. The van der Waals surface area contributed by atoms with Crippen LogP contribution < -0.4 is 24.4 Å². The highest BCUT2D eigenvalue weighted by Crippen LogP contribution is 2.32. The molecule has 0 bridgehead atoms. The fourth-order valence-corrected chi connectivity index (χ4v) is 3.71. The van der Waals surface area contributed by atoms with Gasteiger partial charge in [0, 0.05) is 38.4 Å². The van der Waals surface area contributed by atoms with Gasteiger partial charge in [0.25, 0.3) is 0 Å². The number of piperazine rings is 1. The summed E-state index contributed by atoms with van der Waals surface area (Å²) in [5.74, 6) is 2.39. The summed E-state index contributed by atoms with van der Waals surface area (Å²) in [7, 11) is 1.67. The molecule has 0 radical (unpaired) electrons. The van der Waals surface area contributed by atoms with E-state index in [1.165, 1.54) is 5.69 Å². The van der Waals surface area contributed by atoms with Crippen LogP contribution >= 0.6 is 0 Å². The van der Waals surface area contributed by atoms with Gasteiger partial charge in [0.15, 0.2) is 11.5 Å². The molecule has 2 heterocycles. The van der Waals surface area contributed by atoms with Gasteiger partial charge in [-0.15, -0.1) is 0 Å². The topological polar surface area (TPSA) is 63.3 Å². The van der Waals surface area contributed by atoms with Gasteiger partial charge in [-0.2, -0.15) is 0 Å². The summed E-state index contributed by atoms with van der Waals surface area (Å²) in [4.78, 5) is 17.2. The van der Waals surface area contributed by atoms with E-state index in [1.54, 1.807) is 7.11 Å². The fourth-order valence-electron chi connectivity index (χ4n) is 3.71. The molecule has 2 aliphatic heterocycles. The summed E-state index contributed by atoms with van der Waals surface area (Å²) in [6, 6.07) is 13.7. The number of hydrogen-bond acceptors (Lipinski definition) is 6. The van der Waals surface area contributed by atoms with Gasteiger partial charge in [-0.1, -0.05) is 6.07 Å². The summed E-state index contributed by atoms with van der Waals surface area (Å²) in [5, 5.41) is 3.04. The highest BCUT2D eigenvalue weighted by Gasteiger charge is 2.25. The lowest BCUT2D eigenvalue weighted by Crippen LogP contribution is -2.53. The number of amides is 1. The van der Waals surface area contributed by atoms with E-state index in [0.717, 1.165) is 49.0 Å². The van der Waals surface area contributed by atoms with Gasteiger partial charge in [0.2, 0.25) is 12.7 Å². The molecule has 1 fully saturated rings. The van der Waals surface area contributed by atoms with Crippen molar-refractivity contribution in [1.82, 2.24) is 10.2 Å². The van der Waals surface area contributed by atoms with E-state index in [1.807, 2.05) is 37.3 Å². The van der Waals surface area contributed by atoms with Crippen molar-refractivity contribution >= 4 is 11.6 Å². The Morgan fingerprint density at radius 1 is 1.07 bits per heavy atom. The first-order valence-corrected chi connectivity index (χ1v) is 9.93. The molecule has 0 unspecified atom stereocenters. The molecule has 1 amide bonds. The Hall–Kier alpha value is -2.93. The molecule has 4 rings (SSSR count). The molecule has 1 N–H and O–H groups in total. The number of methoxy groups -OCH3 is 1. The minimum Gasteiger partial charge on any atom is -0.497 e. The normalized spacial score (nSPS) is 17.1. The van der Waals surface area contributed by atoms with Crippen molar-refractivity contribution in [2.75, 3.05) is 45.0 Å². The smallest absolute Gasteiger partial charge is 0.237 e. The highest BCUT2D eigenvalue weighted by atomic mass is 16.7. The second-order valence-corrected chi connectivity index (χ2v) is 7.30. The maximum Gasteiger partial charge on any atom is 0.237 e. The van der Waals surface area contributed by atoms with E-state index < -0.39 is 0 Å². The summed E-state index contributed by atoms with van der Waals surface area (Å²) in [5.41, 5.74) is 2.18. The lowest BCUT2D eigenvalue weighted by atomic mass is 10.1. The first-order chi connectivity index (χ1) is 14.1. The summed E-state index contributed by atoms with van der Waals surface area (Å²) in [6.45, 7) is 6.20. The Labute approximate surface area is 171 Å². The number of hydrogen-bond donors (Lipinski definition) is 1. The van der Waals surface area contributed by atoms with Crippen molar-refractivity contribution in [2.45, 2.75) is 19.5 Å².